The first kappa shape index (κ1) is 15.5. The van der Waals surface area contributed by atoms with Gasteiger partial charge < -0.3 is 10.6 Å². The summed E-state index contributed by atoms with van der Waals surface area (Å²) in [6, 6.07) is 12.9. The minimum atomic E-state index is -0.371. The molecule has 2 aromatic heterocycles. The number of nitrogens with one attached hydrogen (secondary N) is 2. The number of amides is 1. The van der Waals surface area contributed by atoms with Crippen LogP contribution in [0.15, 0.2) is 60.9 Å². The molecule has 0 saturated carbocycles. The van der Waals surface area contributed by atoms with E-state index in [4.69, 9.17) is 0 Å². The number of pyridine rings is 1. The molecule has 0 unspecified atom stereocenters. The zero-order chi connectivity index (χ0) is 16.8. The predicted molar refractivity (Wildman–Crippen MR) is 87.1 cm³/mol. The zero-order valence-electron chi connectivity index (χ0n) is 12.6. The zero-order valence-corrected chi connectivity index (χ0v) is 12.6. The number of hydrogen-bond acceptors (Lipinski definition) is 5. The van der Waals surface area contributed by atoms with E-state index in [0.29, 0.717) is 12.2 Å². The fourth-order valence-corrected chi connectivity index (χ4v) is 2.00. The summed E-state index contributed by atoms with van der Waals surface area (Å²) in [5.41, 5.74) is 1.46. The van der Waals surface area contributed by atoms with E-state index in [-0.39, 0.29) is 23.4 Å². The Bertz CT molecular complexity index is 841. The molecule has 0 bridgehead atoms. The fraction of sp³-hybridized carbons (Fsp3) is 0.0588. The lowest BCUT2D eigenvalue weighted by atomic mass is 10.3. The van der Waals surface area contributed by atoms with Crippen LogP contribution in [0.1, 0.15) is 16.2 Å². The number of rotatable bonds is 5. The van der Waals surface area contributed by atoms with Crippen molar-refractivity contribution in [3.8, 4) is 0 Å². The average molecular weight is 323 g/mol. The van der Waals surface area contributed by atoms with Crippen LogP contribution in [0.4, 0.5) is 16.0 Å². The Morgan fingerprint density at radius 1 is 1.04 bits per heavy atom. The molecule has 2 heterocycles. The fourth-order valence-electron chi connectivity index (χ4n) is 2.00. The highest BCUT2D eigenvalue weighted by molar-refractivity contribution is 5.92. The van der Waals surface area contributed by atoms with Gasteiger partial charge in [-0.05, 0) is 36.4 Å². The van der Waals surface area contributed by atoms with Gasteiger partial charge in [0.2, 0.25) is 5.95 Å². The van der Waals surface area contributed by atoms with Crippen molar-refractivity contribution in [2.75, 3.05) is 5.32 Å². The highest BCUT2D eigenvalue weighted by Crippen LogP contribution is 2.14. The van der Waals surface area contributed by atoms with Crippen molar-refractivity contribution in [2.24, 2.45) is 0 Å². The van der Waals surface area contributed by atoms with Crippen LogP contribution in [0.5, 0.6) is 0 Å². The number of benzene rings is 1. The van der Waals surface area contributed by atoms with Gasteiger partial charge in [0.05, 0.1) is 12.2 Å². The molecule has 24 heavy (non-hydrogen) atoms. The molecule has 2 N–H and O–H groups in total. The molecule has 7 heteroatoms. The lowest BCUT2D eigenvalue weighted by molar-refractivity contribution is 0.0945. The summed E-state index contributed by atoms with van der Waals surface area (Å²) in [6.45, 7) is 0.302. The maximum Gasteiger partial charge on any atom is 0.270 e. The van der Waals surface area contributed by atoms with Gasteiger partial charge in [-0.25, -0.2) is 14.4 Å². The molecule has 1 amide bonds. The Hall–Kier alpha value is -3.35. The quantitative estimate of drug-likeness (QED) is 0.754. The van der Waals surface area contributed by atoms with E-state index in [0.717, 1.165) is 5.69 Å². The minimum absolute atomic E-state index is 0.208. The number of hydrogen-bond donors (Lipinski definition) is 2. The molecule has 0 atom stereocenters. The van der Waals surface area contributed by atoms with Gasteiger partial charge in [-0.2, -0.15) is 0 Å². The van der Waals surface area contributed by atoms with Crippen molar-refractivity contribution in [3.05, 3.63) is 78.1 Å². The average Bonchev–Trinajstić information content (AvgIpc) is 2.61. The van der Waals surface area contributed by atoms with Crippen molar-refractivity contribution in [2.45, 2.75) is 6.54 Å². The van der Waals surface area contributed by atoms with Crippen LogP contribution in [0, 0.1) is 5.82 Å². The first-order valence-corrected chi connectivity index (χ1v) is 7.24. The molecule has 0 radical (unpaired) electrons. The molecule has 0 aliphatic rings. The number of carbonyl (C=O) groups is 1. The third-order valence-electron chi connectivity index (χ3n) is 3.13. The Morgan fingerprint density at radius 2 is 1.96 bits per heavy atom. The number of anilines is 2. The highest BCUT2D eigenvalue weighted by atomic mass is 19.1. The van der Waals surface area contributed by atoms with E-state index < -0.39 is 0 Å². The van der Waals surface area contributed by atoms with E-state index in [2.05, 4.69) is 25.6 Å². The first-order chi connectivity index (χ1) is 11.7. The molecule has 0 saturated heterocycles. The normalized spacial score (nSPS) is 10.2. The van der Waals surface area contributed by atoms with Crippen LogP contribution < -0.4 is 10.6 Å². The largest absolute Gasteiger partial charge is 0.345 e. The van der Waals surface area contributed by atoms with Crippen LogP contribution in [-0.4, -0.2) is 20.9 Å². The molecule has 0 aliphatic heterocycles. The summed E-state index contributed by atoms with van der Waals surface area (Å²) in [7, 11) is 0. The third kappa shape index (κ3) is 4.10. The number of aromatic nitrogens is 3. The van der Waals surface area contributed by atoms with E-state index in [1.54, 1.807) is 24.4 Å². The Balaban J connectivity index is 1.67. The van der Waals surface area contributed by atoms with Crippen molar-refractivity contribution >= 4 is 17.5 Å². The van der Waals surface area contributed by atoms with Crippen molar-refractivity contribution in [1.82, 2.24) is 20.3 Å². The van der Waals surface area contributed by atoms with Gasteiger partial charge in [0.1, 0.15) is 11.5 Å². The van der Waals surface area contributed by atoms with Crippen LogP contribution in [0.25, 0.3) is 0 Å². The van der Waals surface area contributed by atoms with Gasteiger partial charge in [-0.15, -0.1) is 0 Å². The SMILES string of the molecule is O=C(NCc1ccccn1)c1ccnc(Nc2cccc(F)c2)n1. The molecule has 0 aliphatic carbocycles. The lowest BCUT2D eigenvalue weighted by Crippen LogP contribution is -2.24. The smallest absolute Gasteiger partial charge is 0.270 e. The molecule has 1 aromatic carbocycles. The van der Waals surface area contributed by atoms with Gasteiger partial charge in [-0.1, -0.05) is 12.1 Å². The Morgan fingerprint density at radius 3 is 2.75 bits per heavy atom. The van der Waals surface area contributed by atoms with Crippen LogP contribution in [0.3, 0.4) is 0 Å². The molecule has 120 valence electrons. The maximum absolute atomic E-state index is 13.2. The summed E-state index contributed by atoms with van der Waals surface area (Å²) < 4.78 is 13.2. The van der Waals surface area contributed by atoms with E-state index in [9.17, 15) is 9.18 Å². The van der Waals surface area contributed by atoms with Crippen molar-refractivity contribution in [1.29, 1.82) is 0 Å². The van der Waals surface area contributed by atoms with Crippen LogP contribution in [-0.2, 0) is 6.54 Å². The molecule has 3 rings (SSSR count). The highest BCUT2D eigenvalue weighted by Gasteiger charge is 2.09. The van der Waals surface area contributed by atoms with Gasteiger partial charge >= 0.3 is 0 Å². The van der Waals surface area contributed by atoms with E-state index >= 15 is 0 Å². The number of halogens is 1. The lowest BCUT2D eigenvalue weighted by Gasteiger charge is -2.07. The summed E-state index contributed by atoms with van der Waals surface area (Å²) in [5.74, 6) is -0.499. The topological polar surface area (TPSA) is 79.8 Å². The number of carbonyl (C=O) groups excluding carboxylic acids is 1. The standard InChI is InChI=1S/C17H14FN5O/c18-12-4-3-6-13(10-12)22-17-20-9-7-15(23-17)16(24)21-11-14-5-1-2-8-19-14/h1-10H,11H2,(H,21,24)(H,20,22,23). The second kappa shape index (κ2) is 7.28. The van der Waals surface area contributed by atoms with Gasteiger partial charge in [0.25, 0.3) is 5.91 Å². The maximum atomic E-state index is 13.2. The third-order valence-corrected chi connectivity index (χ3v) is 3.13. The Labute approximate surface area is 137 Å². The molecule has 6 nitrogen and oxygen atoms in total. The molecule has 0 fully saturated rings. The van der Waals surface area contributed by atoms with Gasteiger partial charge in [0.15, 0.2) is 0 Å². The van der Waals surface area contributed by atoms with E-state index in [1.165, 1.54) is 24.4 Å². The second-order valence-corrected chi connectivity index (χ2v) is 4.90. The first-order valence-electron chi connectivity index (χ1n) is 7.24. The molecular weight excluding hydrogens is 309 g/mol. The molecular formula is C17H14FN5O. The second-order valence-electron chi connectivity index (χ2n) is 4.90. The Kier molecular flexibility index (Phi) is 4.71. The van der Waals surface area contributed by atoms with Gasteiger partial charge in [0, 0.05) is 18.1 Å². The van der Waals surface area contributed by atoms with Crippen molar-refractivity contribution < 1.29 is 9.18 Å². The molecule has 3 aromatic rings. The van der Waals surface area contributed by atoms with E-state index in [1.807, 2.05) is 12.1 Å². The van der Waals surface area contributed by atoms with Crippen molar-refractivity contribution in [3.63, 3.8) is 0 Å². The minimum Gasteiger partial charge on any atom is -0.345 e. The van der Waals surface area contributed by atoms with Crippen LogP contribution >= 0.6 is 0 Å². The summed E-state index contributed by atoms with van der Waals surface area (Å²) in [4.78, 5) is 24.5. The number of nitrogens with zero attached hydrogens (tertiary/aromatic N) is 3. The van der Waals surface area contributed by atoms with Gasteiger partial charge in [-0.3, -0.25) is 9.78 Å². The molecule has 0 spiro atoms. The monoisotopic (exact) mass is 323 g/mol. The van der Waals surface area contributed by atoms with Crippen LogP contribution in [0.2, 0.25) is 0 Å². The summed E-state index contributed by atoms with van der Waals surface area (Å²) >= 11 is 0. The predicted octanol–water partition coefficient (Wildman–Crippen LogP) is 2.68. The summed E-state index contributed by atoms with van der Waals surface area (Å²) in [5, 5.41) is 5.60. The summed E-state index contributed by atoms with van der Waals surface area (Å²) in [6.07, 6.45) is 3.12.